The summed E-state index contributed by atoms with van der Waals surface area (Å²) in [6, 6.07) is 5.33. The Bertz CT molecular complexity index is 637. The number of hydrogen-bond acceptors (Lipinski definition) is 4. The Kier molecular flexibility index (Phi) is 4.14. The normalized spacial score (nSPS) is 11.9. The van der Waals surface area contributed by atoms with E-state index in [4.69, 9.17) is 11.6 Å². The third-order valence-electron chi connectivity index (χ3n) is 2.81. The van der Waals surface area contributed by atoms with E-state index in [2.05, 4.69) is 10.3 Å². The summed E-state index contributed by atoms with van der Waals surface area (Å²) in [5.41, 5.74) is 0.697. The van der Waals surface area contributed by atoms with E-state index in [1.807, 2.05) is 6.92 Å². The predicted octanol–water partition coefficient (Wildman–Crippen LogP) is 3.96. The van der Waals surface area contributed by atoms with Crippen LogP contribution in [0.25, 0.3) is 0 Å². The molecular weight excluding hydrogens is 285 g/mol. The first-order valence-electron chi connectivity index (χ1n) is 5.79. The second-order valence-electron chi connectivity index (χ2n) is 4.19. The number of rotatable bonds is 4. The molecule has 104 valence electrons. The van der Waals surface area contributed by atoms with Crippen molar-refractivity contribution in [1.29, 1.82) is 0 Å². The second kappa shape index (κ2) is 5.83. The number of nitrogens with zero attached hydrogens (tertiary/aromatic N) is 2. The molecule has 20 heavy (non-hydrogen) atoms. The zero-order valence-electron chi connectivity index (χ0n) is 10.5. The van der Waals surface area contributed by atoms with Gasteiger partial charge >= 0.3 is 0 Å². The lowest BCUT2D eigenvalue weighted by molar-refractivity contribution is -0.384. The molecule has 1 heterocycles. The average Bonchev–Trinajstić information content (AvgIpc) is 2.43. The second-order valence-corrected chi connectivity index (χ2v) is 4.59. The molecule has 5 nitrogen and oxygen atoms in total. The lowest BCUT2D eigenvalue weighted by Crippen LogP contribution is -2.09. The van der Waals surface area contributed by atoms with E-state index in [1.54, 1.807) is 24.5 Å². The zero-order valence-corrected chi connectivity index (χ0v) is 11.3. The van der Waals surface area contributed by atoms with Gasteiger partial charge in [-0.05, 0) is 24.6 Å². The monoisotopic (exact) mass is 295 g/mol. The van der Waals surface area contributed by atoms with E-state index in [9.17, 15) is 14.5 Å². The minimum atomic E-state index is -0.707. The molecule has 0 saturated carbocycles. The molecule has 1 unspecified atom stereocenters. The van der Waals surface area contributed by atoms with Crippen molar-refractivity contribution >= 4 is 23.0 Å². The fourth-order valence-corrected chi connectivity index (χ4v) is 1.93. The van der Waals surface area contributed by atoms with Crippen LogP contribution in [0.2, 0.25) is 5.02 Å². The molecule has 0 aliphatic rings. The lowest BCUT2D eigenvalue weighted by atomic mass is 10.1. The van der Waals surface area contributed by atoms with Crippen LogP contribution in [0.1, 0.15) is 18.5 Å². The highest BCUT2D eigenvalue weighted by Gasteiger charge is 2.19. The maximum Gasteiger partial charge on any atom is 0.294 e. The number of nitro benzene ring substituents is 1. The van der Waals surface area contributed by atoms with E-state index >= 15 is 0 Å². The summed E-state index contributed by atoms with van der Waals surface area (Å²) in [7, 11) is 0. The van der Waals surface area contributed by atoms with Crippen molar-refractivity contribution in [3.8, 4) is 0 Å². The highest BCUT2D eigenvalue weighted by Crippen LogP contribution is 2.32. The molecule has 1 atom stereocenters. The van der Waals surface area contributed by atoms with Gasteiger partial charge in [0, 0.05) is 30.6 Å². The summed E-state index contributed by atoms with van der Waals surface area (Å²) >= 11 is 5.57. The van der Waals surface area contributed by atoms with Crippen molar-refractivity contribution < 1.29 is 9.31 Å². The summed E-state index contributed by atoms with van der Waals surface area (Å²) in [4.78, 5) is 14.3. The molecule has 1 aromatic carbocycles. The summed E-state index contributed by atoms with van der Waals surface area (Å²) in [6.07, 6.45) is 3.23. The molecule has 0 saturated heterocycles. The quantitative estimate of drug-likeness (QED) is 0.685. The van der Waals surface area contributed by atoms with Gasteiger partial charge in [0.1, 0.15) is 11.5 Å². The van der Waals surface area contributed by atoms with E-state index in [1.165, 1.54) is 0 Å². The summed E-state index contributed by atoms with van der Waals surface area (Å²) in [5.74, 6) is -0.707. The van der Waals surface area contributed by atoms with E-state index in [0.717, 1.165) is 17.7 Å². The van der Waals surface area contributed by atoms with Gasteiger partial charge in [-0.3, -0.25) is 15.1 Å². The summed E-state index contributed by atoms with van der Waals surface area (Å²) in [6.45, 7) is 1.81. The van der Waals surface area contributed by atoms with Gasteiger partial charge in [0.25, 0.3) is 5.69 Å². The van der Waals surface area contributed by atoms with Crippen LogP contribution in [0.3, 0.4) is 0 Å². The van der Waals surface area contributed by atoms with Crippen molar-refractivity contribution in [2.24, 2.45) is 0 Å². The van der Waals surface area contributed by atoms with Crippen molar-refractivity contribution in [3.63, 3.8) is 0 Å². The van der Waals surface area contributed by atoms with Gasteiger partial charge in [-0.25, -0.2) is 4.39 Å². The first-order chi connectivity index (χ1) is 9.49. The third-order valence-corrected chi connectivity index (χ3v) is 3.10. The van der Waals surface area contributed by atoms with Gasteiger partial charge in [0.05, 0.1) is 9.95 Å². The van der Waals surface area contributed by atoms with Crippen LogP contribution in [-0.4, -0.2) is 9.91 Å². The van der Waals surface area contributed by atoms with Crippen LogP contribution in [-0.2, 0) is 0 Å². The molecule has 0 aliphatic heterocycles. The number of benzene rings is 1. The fraction of sp³-hybridized carbons (Fsp3) is 0.154. The van der Waals surface area contributed by atoms with Crippen LogP contribution in [0.5, 0.6) is 0 Å². The standard InChI is InChI=1S/C13H11ClFN3O2/c1-8(9-2-4-16-5-3-9)17-12-7-11(15)10(14)6-13(12)18(19)20/h2-8,17H,1H3. The van der Waals surface area contributed by atoms with Crippen LogP contribution in [0, 0.1) is 15.9 Å². The number of aromatic nitrogens is 1. The minimum absolute atomic E-state index is 0.0845. The Morgan fingerprint density at radius 1 is 1.40 bits per heavy atom. The maximum absolute atomic E-state index is 13.5. The maximum atomic E-state index is 13.5. The summed E-state index contributed by atoms with van der Waals surface area (Å²) < 4.78 is 13.5. The van der Waals surface area contributed by atoms with Gasteiger partial charge in [-0.2, -0.15) is 0 Å². The molecule has 0 amide bonds. The lowest BCUT2D eigenvalue weighted by Gasteiger charge is -2.15. The fourth-order valence-electron chi connectivity index (χ4n) is 1.77. The Hall–Kier alpha value is -2.21. The van der Waals surface area contributed by atoms with E-state index in [-0.39, 0.29) is 22.4 Å². The molecule has 7 heteroatoms. The summed E-state index contributed by atoms with van der Waals surface area (Å²) in [5, 5.41) is 13.6. The van der Waals surface area contributed by atoms with E-state index < -0.39 is 10.7 Å². The first-order valence-corrected chi connectivity index (χ1v) is 6.16. The SMILES string of the molecule is CC(Nc1cc(F)c(Cl)cc1[N+](=O)[O-])c1ccncc1. The van der Waals surface area contributed by atoms with Crippen LogP contribution in [0.4, 0.5) is 15.8 Å². The number of hydrogen-bond donors (Lipinski definition) is 1. The molecule has 0 fully saturated rings. The van der Waals surface area contributed by atoms with Gasteiger partial charge in [-0.15, -0.1) is 0 Å². The molecule has 1 aromatic heterocycles. The molecule has 0 bridgehead atoms. The van der Waals surface area contributed by atoms with Crippen molar-refractivity contribution in [3.05, 3.63) is 63.2 Å². The van der Waals surface area contributed by atoms with Crippen molar-refractivity contribution in [1.82, 2.24) is 4.98 Å². The van der Waals surface area contributed by atoms with Gasteiger partial charge < -0.3 is 5.32 Å². The topological polar surface area (TPSA) is 68.1 Å². The number of pyridine rings is 1. The number of halogens is 2. The van der Waals surface area contributed by atoms with E-state index in [0.29, 0.717) is 0 Å². The third kappa shape index (κ3) is 3.03. The van der Waals surface area contributed by atoms with Gasteiger partial charge in [0.15, 0.2) is 0 Å². The Balaban J connectivity index is 2.33. The average molecular weight is 296 g/mol. The number of nitrogens with one attached hydrogen (secondary N) is 1. The Morgan fingerprint density at radius 3 is 2.65 bits per heavy atom. The Labute approximate surface area is 119 Å². The predicted molar refractivity (Wildman–Crippen MR) is 74.3 cm³/mol. The first kappa shape index (κ1) is 14.2. The highest BCUT2D eigenvalue weighted by atomic mass is 35.5. The molecule has 2 rings (SSSR count). The zero-order chi connectivity index (χ0) is 14.7. The molecular formula is C13H11ClFN3O2. The van der Waals surface area contributed by atoms with Crippen LogP contribution < -0.4 is 5.32 Å². The minimum Gasteiger partial charge on any atom is -0.373 e. The van der Waals surface area contributed by atoms with Gasteiger partial charge in [0.2, 0.25) is 0 Å². The van der Waals surface area contributed by atoms with Crippen LogP contribution >= 0.6 is 11.6 Å². The molecule has 0 aliphatic carbocycles. The largest absolute Gasteiger partial charge is 0.373 e. The van der Waals surface area contributed by atoms with Crippen molar-refractivity contribution in [2.75, 3.05) is 5.32 Å². The molecule has 2 aromatic rings. The van der Waals surface area contributed by atoms with Crippen LogP contribution in [0.15, 0.2) is 36.7 Å². The molecule has 0 spiro atoms. The molecule has 1 N–H and O–H groups in total. The molecule has 0 radical (unpaired) electrons. The highest BCUT2D eigenvalue weighted by molar-refractivity contribution is 6.31. The Morgan fingerprint density at radius 2 is 2.05 bits per heavy atom. The smallest absolute Gasteiger partial charge is 0.294 e. The number of anilines is 1. The van der Waals surface area contributed by atoms with Crippen molar-refractivity contribution in [2.45, 2.75) is 13.0 Å². The van der Waals surface area contributed by atoms with Gasteiger partial charge in [-0.1, -0.05) is 11.6 Å². The number of nitro groups is 1.